The first-order chi connectivity index (χ1) is 12.7. The molecule has 0 spiro atoms. The van der Waals surface area contributed by atoms with Crippen LogP contribution in [0.4, 0.5) is 16.0 Å². The Kier molecular flexibility index (Phi) is 4.64. The van der Waals surface area contributed by atoms with E-state index in [-0.39, 0.29) is 11.5 Å². The van der Waals surface area contributed by atoms with Crippen LogP contribution in [-0.2, 0) is 0 Å². The Morgan fingerprint density at radius 1 is 0.885 bits per heavy atom. The molecule has 2 aromatic rings. The third kappa shape index (κ3) is 3.31. The molecule has 0 saturated carbocycles. The molecule has 1 amide bonds. The van der Waals surface area contributed by atoms with Gasteiger partial charge in [-0.3, -0.25) is 9.78 Å². The third-order valence-corrected chi connectivity index (χ3v) is 4.96. The van der Waals surface area contributed by atoms with Gasteiger partial charge >= 0.3 is 0 Å². The molecule has 2 aliphatic heterocycles. The van der Waals surface area contributed by atoms with Crippen molar-refractivity contribution in [2.75, 3.05) is 49.1 Å². The summed E-state index contributed by atoms with van der Waals surface area (Å²) in [6, 6.07) is 5.42. The average Bonchev–Trinajstić information content (AvgIpc) is 3.23. The van der Waals surface area contributed by atoms with E-state index in [0.29, 0.717) is 26.2 Å². The topological polar surface area (TPSA) is 65.5 Å². The Labute approximate surface area is 151 Å². The smallest absolute Gasteiger partial charge is 0.257 e. The fraction of sp³-hybridized carbons (Fsp3) is 0.444. The van der Waals surface area contributed by atoms with E-state index in [0.717, 1.165) is 30.9 Å². The van der Waals surface area contributed by atoms with Crippen molar-refractivity contribution in [3.63, 3.8) is 0 Å². The van der Waals surface area contributed by atoms with E-state index in [2.05, 4.69) is 25.0 Å². The molecule has 2 fully saturated rings. The van der Waals surface area contributed by atoms with Gasteiger partial charge in [-0.1, -0.05) is 0 Å². The van der Waals surface area contributed by atoms with Crippen LogP contribution in [0.25, 0.3) is 0 Å². The lowest BCUT2D eigenvalue weighted by molar-refractivity contribution is 0.0741. The van der Waals surface area contributed by atoms with E-state index < -0.39 is 5.82 Å². The van der Waals surface area contributed by atoms with Crippen molar-refractivity contribution < 1.29 is 9.18 Å². The van der Waals surface area contributed by atoms with E-state index in [1.54, 1.807) is 4.90 Å². The number of aromatic nitrogens is 3. The number of halogens is 1. The molecule has 0 unspecified atom stereocenters. The van der Waals surface area contributed by atoms with Gasteiger partial charge < -0.3 is 14.7 Å². The number of piperazine rings is 1. The van der Waals surface area contributed by atoms with Crippen LogP contribution in [0.15, 0.2) is 30.6 Å². The molecule has 2 saturated heterocycles. The highest BCUT2D eigenvalue weighted by atomic mass is 19.1. The fourth-order valence-corrected chi connectivity index (χ4v) is 3.46. The number of carbonyl (C=O) groups excluding carboxylic acids is 1. The maximum Gasteiger partial charge on any atom is 0.257 e. The summed E-state index contributed by atoms with van der Waals surface area (Å²) in [6.45, 7) is 4.43. The molecule has 136 valence electrons. The van der Waals surface area contributed by atoms with Crippen LogP contribution in [0.5, 0.6) is 0 Å². The Morgan fingerprint density at radius 2 is 1.50 bits per heavy atom. The second kappa shape index (κ2) is 7.23. The van der Waals surface area contributed by atoms with Crippen molar-refractivity contribution in [2.45, 2.75) is 12.8 Å². The summed E-state index contributed by atoms with van der Waals surface area (Å²) in [6.07, 6.45) is 4.92. The lowest BCUT2D eigenvalue weighted by atomic mass is 10.2. The lowest BCUT2D eigenvalue weighted by Crippen LogP contribution is -2.49. The number of rotatable bonds is 3. The number of carbonyl (C=O) groups is 1. The van der Waals surface area contributed by atoms with Crippen LogP contribution in [-0.4, -0.2) is 65.3 Å². The van der Waals surface area contributed by atoms with Crippen LogP contribution < -0.4 is 9.80 Å². The number of hydrogen-bond acceptors (Lipinski definition) is 6. The predicted molar refractivity (Wildman–Crippen MR) is 95.8 cm³/mol. The third-order valence-electron chi connectivity index (χ3n) is 4.96. The van der Waals surface area contributed by atoms with Crippen molar-refractivity contribution in [3.8, 4) is 0 Å². The van der Waals surface area contributed by atoms with Gasteiger partial charge in [0.1, 0.15) is 0 Å². The van der Waals surface area contributed by atoms with Gasteiger partial charge in [0.2, 0.25) is 0 Å². The van der Waals surface area contributed by atoms with Crippen LogP contribution in [0.2, 0.25) is 0 Å². The van der Waals surface area contributed by atoms with Gasteiger partial charge in [-0.2, -0.15) is 0 Å². The maximum atomic E-state index is 13.8. The molecular weight excluding hydrogens is 335 g/mol. The van der Waals surface area contributed by atoms with Crippen molar-refractivity contribution in [1.82, 2.24) is 20.1 Å². The minimum atomic E-state index is -0.580. The zero-order chi connectivity index (χ0) is 17.9. The summed E-state index contributed by atoms with van der Waals surface area (Å²) in [5.74, 6) is 0.867. The first-order valence-corrected chi connectivity index (χ1v) is 8.95. The quantitative estimate of drug-likeness (QED) is 0.832. The molecule has 26 heavy (non-hydrogen) atoms. The molecule has 0 radical (unpaired) electrons. The van der Waals surface area contributed by atoms with Crippen molar-refractivity contribution in [2.24, 2.45) is 0 Å². The molecule has 2 aromatic heterocycles. The molecule has 0 aliphatic carbocycles. The highest BCUT2D eigenvalue weighted by Crippen LogP contribution is 2.20. The standard InChI is InChI=1S/C18H21FN6O/c19-15-13-20-6-5-14(15)18(26)25-11-9-24(10-12-25)17-4-3-16(21-22-17)23-7-1-2-8-23/h3-6,13H,1-2,7-12H2. The van der Waals surface area contributed by atoms with Gasteiger partial charge in [-0.15, -0.1) is 10.2 Å². The molecule has 0 N–H and O–H groups in total. The fourth-order valence-electron chi connectivity index (χ4n) is 3.46. The molecule has 4 rings (SSSR count). The highest BCUT2D eigenvalue weighted by molar-refractivity contribution is 5.94. The number of hydrogen-bond donors (Lipinski definition) is 0. The zero-order valence-electron chi connectivity index (χ0n) is 14.5. The first kappa shape index (κ1) is 16.7. The molecule has 7 nitrogen and oxygen atoms in total. The van der Waals surface area contributed by atoms with Crippen LogP contribution in [0.1, 0.15) is 23.2 Å². The first-order valence-electron chi connectivity index (χ1n) is 8.95. The number of amides is 1. The van der Waals surface area contributed by atoms with E-state index in [9.17, 15) is 9.18 Å². The predicted octanol–water partition coefficient (Wildman–Crippen LogP) is 1.57. The van der Waals surface area contributed by atoms with Gasteiger partial charge in [0.15, 0.2) is 17.5 Å². The molecule has 0 atom stereocenters. The molecule has 2 aliphatic rings. The Balaban J connectivity index is 1.37. The summed E-state index contributed by atoms with van der Waals surface area (Å²) in [5.41, 5.74) is 0.0724. The second-order valence-corrected chi connectivity index (χ2v) is 6.58. The largest absolute Gasteiger partial charge is 0.355 e. The number of nitrogens with zero attached hydrogens (tertiary/aromatic N) is 6. The SMILES string of the molecule is O=C(c1ccncc1F)N1CCN(c2ccc(N3CCCC3)nn2)CC1. The second-order valence-electron chi connectivity index (χ2n) is 6.58. The number of anilines is 2. The monoisotopic (exact) mass is 356 g/mol. The Hall–Kier alpha value is -2.77. The Morgan fingerprint density at radius 3 is 2.08 bits per heavy atom. The van der Waals surface area contributed by atoms with Gasteiger partial charge in [0.05, 0.1) is 11.8 Å². The van der Waals surface area contributed by atoms with Gasteiger partial charge in [-0.05, 0) is 31.0 Å². The minimum Gasteiger partial charge on any atom is -0.355 e. The Bertz CT molecular complexity index is 770. The molecule has 0 bridgehead atoms. The molecule has 4 heterocycles. The zero-order valence-corrected chi connectivity index (χ0v) is 14.5. The van der Waals surface area contributed by atoms with E-state index in [1.165, 1.54) is 25.1 Å². The summed E-state index contributed by atoms with van der Waals surface area (Å²) in [5, 5.41) is 8.70. The van der Waals surface area contributed by atoms with Crippen molar-refractivity contribution in [1.29, 1.82) is 0 Å². The highest BCUT2D eigenvalue weighted by Gasteiger charge is 2.25. The maximum absolute atomic E-state index is 13.8. The van der Waals surface area contributed by atoms with Crippen LogP contribution in [0.3, 0.4) is 0 Å². The molecule has 0 aromatic carbocycles. The summed E-state index contributed by atoms with van der Waals surface area (Å²) in [4.78, 5) is 22.2. The van der Waals surface area contributed by atoms with Gasteiger partial charge in [0, 0.05) is 45.5 Å². The summed E-state index contributed by atoms with van der Waals surface area (Å²) >= 11 is 0. The lowest BCUT2D eigenvalue weighted by Gasteiger charge is -2.35. The minimum absolute atomic E-state index is 0.0724. The van der Waals surface area contributed by atoms with Crippen molar-refractivity contribution >= 4 is 17.5 Å². The summed E-state index contributed by atoms with van der Waals surface area (Å²) in [7, 11) is 0. The van der Waals surface area contributed by atoms with E-state index >= 15 is 0 Å². The molecular formula is C18H21FN6O. The normalized spacial score (nSPS) is 17.7. The van der Waals surface area contributed by atoms with E-state index in [1.807, 2.05) is 12.1 Å². The number of pyridine rings is 1. The average molecular weight is 356 g/mol. The van der Waals surface area contributed by atoms with Crippen molar-refractivity contribution in [3.05, 3.63) is 42.0 Å². The van der Waals surface area contributed by atoms with E-state index in [4.69, 9.17) is 0 Å². The van der Waals surface area contributed by atoms with Gasteiger partial charge in [0.25, 0.3) is 5.91 Å². The van der Waals surface area contributed by atoms with Crippen LogP contribution in [0, 0.1) is 5.82 Å². The van der Waals surface area contributed by atoms with Gasteiger partial charge in [-0.25, -0.2) is 4.39 Å². The summed E-state index contributed by atoms with van der Waals surface area (Å²) < 4.78 is 13.8. The van der Waals surface area contributed by atoms with Crippen LogP contribution >= 0.6 is 0 Å². The molecule has 8 heteroatoms.